The van der Waals surface area contributed by atoms with Crippen molar-refractivity contribution in [3.05, 3.63) is 78.5 Å². The molecule has 1 aromatic heterocycles. The molecule has 0 saturated carbocycles. The van der Waals surface area contributed by atoms with E-state index >= 15 is 0 Å². The highest BCUT2D eigenvalue weighted by Gasteiger charge is 2.39. The van der Waals surface area contributed by atoms with Crippen LogP contribution >= 0.6 is 11.8 Å². The standard InChI is InChI=1S/C23H20FN3O4S/c1-30-18-10-8-17(9-11-18)26-23-27(14-19-3-2-12-31-19)22(29)20(32-23)13-21(28)25-16-6-4-15(24)5-7-16/h2-12,20H,13-14H2,1H3,(H,25,28)/t20-/m1/s1. The summed E-state index contributed by atoms with van der Waals surface area (Å²) in [6.45, 7) is 0.212. The predicted octanol–water partition coefficient (Wildman–Crippen LogP) is 4.59. The number of benzene rings is 2. The number of halogens is 1. The van der Waals surface area contributed by atoms with Gasteiger partial charge in [-0.05, 0) is 60.7 Å². The molecule has 1 saturated heterocycles. The molecule has 164 valence electrons. The van der Waals surface area contributed by atoms with Crippen molar-refractivity contribution >= 4 is 40.1 Å². The normalized spacial score (nSPS) is 17.1. The van der Waals surface area contributed by atoms with Crippen LogP contribution in [0.25, 0.3) is 0 Å². The zero-order valence-corrected chi connectivity index (χ0v) is 18.0. The first-order valence-electron chi connectivity index (χ1n) is 9.80. The Morgan fingerprint density at radius 1 is 1.19 bits per heavy atom. The molecule has 1 aliphatic heterocycles. The van der Waals surface area contributed by atoms with Crippen molar-refractivity contribution < 1.29 is 23.1 Å². The lowest BCUT2D eigenvalue weighted by Gasteiger charge is -2.15. The van der Waals surface area contributed by atoms with E-state index in [0.717, 1.165) is 0 Å². The lowest BCUT2D eigenvalue weighted by molar-refractivity contribution is -0.128. The van der Waals surface area contributed by atoms with Crippen molar-refractivity contribution in [2.24, 2.45) is 4.99 Å². The van der Waals surface area contributed by atoms with E-state index in [2.05, 4.69) is 10.3 Å². The maximum atomic E-state index is 13.1. The van der Waals surface area contributed by atoms with Crippen LogP contribution in [0.4, 0.5) is 15.8 Å². The van der Waals surface area contributed by atoms with Crippen LogP contribution < -0.4 is 10.1 Å². The Hall–Kier alpha value is -3.59. The van der Waals surface area contributed by atoms with Gasteiger partial charge in [0, 0.05) is 12.1 Å². The van der Waals surface area contributed by atoms with Gasteiger partial charge in [-0.3, -0.25) is 14.5 Å². The van der Waals surface area contributed by atoms with Gasteiger partial charge in [0.05, 0.1) is 25.6 Å². The number of nitrogens with zero attached hydrogens (tertiary/aromatic N) is 2. The van der Waals surface area contributed by atoms with E-state index in [4.69, 9.17) is 9.15 Å². The molecule has 0 aliphatic carbocycles. The van der Waals surface area contributed by atoms with Gasteiger partial charge in [0.1, 0.15) is 22.6 Å². The van der Waals surface area contributed by atoms with Gasteiger partial charge in [0.15, 0.2) is 5.17 Å². The van der Waals surface area contributed by atoms with Crippen LogP contribution in [0.15, 0.2) is 76.3 Å². The molecule has 1 aliphatic rings. The summed E-state index contributed by atoms with van der Waals surface area (Å²) in [7, 11) is 1.58. The second-order valence-corrected chi connectivity index (χ2v) is 8.13. The summed E-state index contributed by atoms with van der Waals surface area (Å²) in [5.74, 6) is 0.348. The predicted molar refractivity (Wildman–Crippen MR) is 120 cm³/mol. The highest BCUT2D eigenvalue weighted by Crippen LogP contribution is 2.33. The number of carbonyl (C=O) groups is 2. The third-order valence-electron chi connectivity index (χ3n) is 4.71. The smallest absolute Gasteiger partial charge is 0.243 e. The largest absolute Gasteiger partial charge is 0.497 e. The van der Waals surface area contributed by atoms with Crippen molar-refractivity contribution in [2.45, 2.75) is 18.2 Å². The van der Waals surface area contributed by atoms with Crippen LogP contribution in [0.1, 0.15) is 12.2 Å². The third kappa shape index (κ3) is 5.17. The number of methoxy groups -OCH3 is 1. The third-order valence-corrected chi connectivity index (χ3v) is 5.89. The maximum Gasteiger partial charge on any atom is 0.243 e. The lowest BCUT2D eigenvalue weighted by Crippen LogP contribution is -2.33. The number of nitrogens with one attached hydrogen (secondary N) is 1. The fourth-order valence-electron chi connectivity index (χ4n) is 3.11. The Bertz CT molecular complexity index is 1120. The molecule has 1 N–H and O–H groups in total. The number of hydrogen-bond donors (Lipinski definition) is 1. The molecule has 2 heterocycles. The van der Waals surface area contributed by atoms with Crippen molar-refractivity contribution in [2.75, 3.05) is 12.4 Å². The van der Waals surface area contributed by atoms with Crippen LogP contribution in [0.5, 0.6) is 5.75 Å². The topological polar surface area (TPSA) is 84.1 Å². The minimum atomic E-state index is -0.637. The Labute approximate surface area is 188 Å². The second kappa shape index (κ2) is 9.69. The Morgan fingerprint density at radius 3 is 2.59 bits per heavy atom. The Kier molecular flexibility index (Phi) is 6.55. The molecule has 0 unspecified atom stereocenters. The highest BCUT2D eigenvalue weighted by molar-refractivity contribution is 8.15. The molecule has 2 amide bonds. The molecule has 1 fully saturated rings. The summed E-state index contributed by atoms with van der Waals surface area (Å²) in [5, 5.41) is 2.54. The number of ether oxygens (including phenoxy) is 1. The average molecular weight is 453 g/mol. The van der Waals surface area contributed by atoms with Crippen molar-refractivity contribution in [1.29, 1.82) is 0 Å². The first-order chi connectivity index (χ1) is 15.5. The van der Waals surface area contributed by atoms with Gasteiger partial charge in [-0.25, -0.2) is 9.38 Å². The summed E-state index contributed by atoms with van der Waals surface area (Å²) in [5.41, 5.74) is 1.12. The number of hydrogen-bond acceptors (Lipinski definition) is 6. The first kappa shape index (κ1) is 21.6. The summed E-state index contributed by atoms with van der Waals surface area (Å²) in [6.07, 6.45) is 1.49. The number of amidine groups is 1. The number of aliphatic imine (C=N–C) groups is 1. The number of carbonyl (C=O) groups excluding carboxylic acids is 2. The molecular weight excluding hydrogens is 433 g/mol. The van der Waals surface area contributed by atoms with Crippen LogP contribution in [-0.2, 0) is 16.1 Å². The van der Waals surface area contributed by atoms with E-state index < -0.39 is 11.1 Å². The number of thioether (sulfide) groups is 1. The Balaban J connectivity index is 1.51. The van der Waals surface area contributed by atoms with Crippen LogP contribution in [0, 0.1) is 5.82 Å². The van der Waals surface area contributed by atoms with Gasteiger partial charge in [0.2, 0.25) is 11.8 Å². The van der Waals surface area contributed by atoms with Crippen LogP contribution in [0.3, 0.4) is 0 Å². The van der Waals surface area contributed by atoms with E-state index in [1.165, 1.54) is 47.2 Å². The SMILES string of the molecule is COc1ccc(N=C2S[C@H](CC(=O)Nc3ccc(F)cc3)C(=O)N2Cc2ccco2)cc1. The zero-order chi connectivity index (χ0) is 22.5. The molecule has 1 atom stereocenters. The van der Waals surface area contributed by atoms with Gasteiger partial charge in [0.25, 0.3) is 0 Å². The quantitative estimate of drug-likeness (QED) is 0.566. The number of anilines is 1. The van der Waals surface area contributed by atoms with Gasteiger partial charge >= 0.3 is 0 Å². The van der Waals surface area contributed by atoms with E-state index in [1.54, 1.807) is 43.5 Å². The van der Waals surface area contributed by atoms with Crippen molar-refractivity contribution in [1.82, 2.24) is 4.90 Å². The molecule has 4 rings (SSSR count). The van der Waals surface area contributed by atoms with Gasteiger partial charge in [-0.1, -0.05) is 11.8 Å². The van der Waals surface area contributed by atoms with E-state index in [1.807, 2.05) is 0 Å². The minimum Gasteiger partial charge on any atom is -0.497 e. The molecule has 0 bridgehead atoms. The summed E-state index contributed by atoms with van der Waals surface area (Å²) < 4.78 is 23.6. The molecule has 0 radical (unpaired) electrons. The van der Waals surface area contributed by atoms with Crippen LogP contribution in [0.2, 0.25) is 0 Å². The van der Waals surface area contributed by atoms with Crippen molar-refractivity contribution in [3.63, 3.8) is 0 Å². The van der Waals surface area contributed by atoms with Gasteiger partial charge in [-0.2, -0.15) is 0 Å². The molecule has 9 heteroatoms. The molecule has 3 aromatic rings. The van der Waals surface area contributed by atoms with E-state index in [-0.39, 0.29) is 24.8 Å². The number of furan rings is 1. The second-order valence-electron chi connectivity index (χ2n) is 6.96. The molecule has 0 spiro atoms. The fraction of sp³-hybridized carbons (Fsp3) is 0.174. The number of amides is 2. The summed E-state index contributed by atoms with van der Waals surface area (Å²) >= 11 is 1.23. The molecular formula is C23H20FN3O4S. The monoisotopic (exact) mass is 453 g/mol. The fourth-order valence-corrected chi connectivity index (χ4v) is 4.27. The zero-order valence-electron chi connectivity index (χ0n) is 17.2. The summed E-state index contributed by atoms with van der Waals surface area (Å²) in [4.78, 5) is 31.7. The summed E-state index contributed by atoms with van der Waals surface area (Å²) in [6, 6.07) is 16.1. The van der Waals surface area contributed by atoms with Gasteiger partial charge in [-0.15, -0.1) is 0 Å². The first-order valence-corrected chi connectivity index (χ1v) is 10.7. The van der Waals surface area contributed by atoms with Crippen LogP contribution in [-0.4, -0.2) is 34.2 Å². The number of rotatable bonds is 7. The average Bonchev–Trinajstić information content (AvgIpc) is 3.40. The van der Waals surface area contributed by atoms with Crippen molar-refractivity contribution in [3.8, 4) is 5.75 Å². The highest BCUT2D eigenvalue weighted by atomic mass is 32.2. The minimum absolute atomic E-state index is 0.0445. The van der Waals surface area contributed by atoms with Gasteiger partial charge < -0.3 is 14.5 Å². The van der Waals surface area contributed by atoms with E-state index in [9.17, 15) is 14.0 Å². The molecule has 2 aromatic carbocycles. The van der Waals surface area contributed by atoms with E-state index in [0.29, 0.717) is 28.1 Å². The maximum absolute atomic E-state index is 13.1. The lowest BCUT2D eigenvalue weighted by atomic mass is 10.2. The molecule has 32 heavy (non-hydrogen) atoms. The Morgan fingerprint density at radius 2 is 1.94 bits per heavy atom. The molecule has 7 nitrogen and oxygen atoms in total.